The zero-order valence-corrected chi connectivity index (χ0v) is 9.15. The summed E-state index contributed by atoms with van der Waals surface area (Å²) in [7, 11) is 1.34. The Morgan fingerprint density at radius 1 is 1.62 bits per heavy atom. The van der Waals surface area contributed by atoms with Gasteiger partial charge in [-0.15, -0.1) is 11.6 Å². The Labute approximate surface area is 96.1 Å². The molecular weight excluding hydrogens is 236 g/mol. The minimum absolute atomic E-state index is 0.0494. The second kappa shape index (κ2) is 4.80. The quantitative estimate of drug-likeness (QED) is 0.285. The average Bonchev–Trinajstić information content (AvgIpc) is 2.26. The van der Waals surface area contributed by atoms with Crippen molar-refractivity contribution in [2.24, 2.45) is 0 Å². The summed E-state index contributed by atoms with van der Waals surface area (Å²) in [5.41, 5.74) is 4.92. The maximum Gasteiger partial charge on any atom is 0.293 e. The number of hydrogen-bond acceptors (Lipinski definition) is 5. The number of halogens is 1. The Balaban J connectivity index is 3.46. The van der Waals surface area contributed by atoms with Gasteiger partial charge in [0, 0.05) is 6.07 Å². The first-order valence-electron chi connectivity index (χ1n) is 4.23. The molecule has 0 fully saturated rings. The summed E-state index contributed by atoms with van der Waals surface area (Å²) < 4.78 is 4.90. The standard InChI is InChI=1S/C9H9ClN2O4/c1-16-7-3-2-5(12(14)15)9(11)8(7)6(13)4-10/h2-3H,4,11H2,1H3. The lowest BCUT2D eigenvalue weighted by Crippen LogP contribution is -2.09. The number of nitrogens with two attached hydrogens (primary N) is 1. The average molecular weight is 245 g/mol. The number of rotatable bonds is 4. The van der Waals surface area contributed by atoms with Crippen molar-refractivity contribution in [2.45, 2.75) is 0 Å². The molecule has 16 heavy (non-hydrogen) atoms. The number of nitro benzene ring substituents is 1. The molecule has 0 aromatic heterocycles. The van der Waals surface area contributed by atoms with E-state index in [0.717, 1.165) is 0 Å². The van der Waals surface area contributed by atoms with Crippen molar-refractivity contribution in [3.05, 3.63) is 27.8 Å². The first-order valence-corrected chi connectivity index (χ1v) is 4.76. The Kier molecular flexibility index (Phi) is 3.68. The number of nitrogen functional groups attached to an aromatic ring is 1. The highest BCUT2D eigenvalue weighted by molar-refractivity contribution is 6.31. The highest BCUT2D eigenvalue weighted by Gasteiger charge is 2.23. The number of benzene rings is 1. The molecular formula is C9H9ClN2O4. The fraction of sp³-hybridized carbons (Fsp3) is 0.222. The summed E-state index contributed by atoms with van der Waals surface area (Å²) >= 11 is 5.39. The topological polar surface area (TPSA) is 95.5 Å². The van der Waals surface area contributed by atoms with E-state index in [1.165, 1.54) is 19.2 Å². The van der Waals surface area contributed by atoms with Crippen molar-refractivity contribution in [2.75, 3.05) is 18.7 Å². The van der Waals surface area contributed by atoms with Crippen molar-refractivity contribution < 1.29 is 14.5 Å². The maximum absolute atomic E-state index is 11.5. The van der Waals surface area contributed by atoms with Crippen molar-refractivity contribution in [1.29, 1.82) is 0 Å². The van der Waals surface area contributed by atoms with E-state index < -0.39 is 10.7 Å². The van der Waals surface area contributed by atoms with Crippen LogP contribution < -0.4 is 10.5 Å². The summed E-state index contributed by atoms with van der Waals surface area (Å²) in [5.74, 6) is -0.657. The van der Waals surface area contributed by atoms with Crippen molar-refractivity contribution in [3.63, 3.8) is 0 Å². The van der Waals surface area contributed by atoms with Gasteiger partial charge in [-0.05, 0) is 6.07 Å². The number of Topliss-reactive ketones (excluding diaryl/α,β-unsaturated/α-hetero) is 1. The molecule has 0 bridgehead atoms. The van der Waals surface area contributed by atoms with Gasteiger partial charge in [0.25, 0.3) is 5.69 Å². The molecule has 2 N–H and O–H groups in total. The third-order valence-corrected chi connectivity index (χ3v) is 2.24. The van der Waals surface area contributed by atoms with Gasteiger partial charge in [-0.1, -0.05) is 0 Å². The molecule has 6 nitrogen and oxygen atoms in total. The molecule has 0 heterocycles. The number of nitrogens with zero attached hydrogens (tertiary/aromatic N) is 1. The fourth-order valence-electron chi connectivity index (χ4n) is 1.27. The van der Waals surface area contributed by atoms with Crippen LogP contribution in [0.2, 0.25) is 0 Å². The second-order valence-corrected chi connectivity index (χ2v) is 3.16. The number of methoxy groups -OCH3 is 1. The molecule has 1 aromatic rings. The zero-order chi connectivity index (χ0) is 12.3. The van der Waals surface area contributed by atoms with Crippen LogP contribution in [0.1, 0.15) is 10.4 Å². The Hall–Kier alpha value is -1.82. The van der Waals surface area contributed by atoms with Gasteiger partial charge in [0.15, 0.2) is 5.78 Å². The van der Waals surface area contributed by atoms with E-state index in [2.05, 4.69) is 0 Å². The fourth-order valence-corrected chi connectivity index (χ4v) is 1.41. The number of carbonyl (C=O) groups is 1. The molecule has 1 rings (SSSR count). The van der Waals surface area contributed by atoms with Crippen molar-refractivity contribution >= 4 is 28.8 Å². The smallest absolute Gasteiger partial charge is 0.293 e. The Morgan fingerprint density at radius 3 is 2.69 bits per heavy atom. The number of nitro groups is 1. The molecule has 0 aliphatic rings. The van der Waals surface area contributed by atoms with Gasteiger partial charge in [0.2, 0.25) is 0 Å². The summed E-state index contributed by atoms with van der Waals surface area (Å²) in [5, 5.41) is 10.6. The zero-order valence-electron chi connectivity index (χ0n) is 8.40. The van der Waals surface area contributed by atoms with Crippen LogP contribution in [0.3, 0.4) is 0 Å². The lowest BCUT2D eigenvalue weighted by Gasteiger charge is -2.09. The van der Waals surface area contributed by atoms with E-state index in [1.807, 2.05) is 0 Å². The molecule has 0 spiro atoms. The maximum atomic E-state index is 11.5. The van der Waals surface area contributed by atoms with Gasteiger partial charge in [0.1, 0.15) is 11.4 Å². The summed E-state index contributed by atoms with van der Waals surface area (Å²) in [4.78, 5) is 21.4. The lowest BCUT2D eigenvalue weighted by atomic mass is 10.1. The van der Waals surface area contributed by atoms with Crippen LogP contribution in [-0.2, 0) is 0 Å². The summed E-state index contributed by atoms with van der Waals surface area (Å²) in [6.45, 7) is 0. The second-order valence-electron chi connectivity index (χ2n) is 2.89. The van der Waals surface area contributed by atoms with Gasteiger partial charge in [-0.3, -0.25) is 14.9 Å². The van der Waals surface area contributed by atoms with Crippen LogP contribution in [0.15, 0.2) is 12.1 Å². The molecule has 0 aliphatic carbocycles. The first-order chi connectivity index (χ1) is 7.52. The van der Waals surface area contributed by atoms with Gasteiger partial charge < -0.3 is 10.5 Å². The SMILES string of the molecule is COc1ccc([N+](=O)[O-])c(N)c1C(=O)CCl. The normalized spacial score (nSPS) is 9.88. The molecule has 0 saturated carbocycles. The molecule has 0 saturated heterocycles. The first kappa shape index (κ1) is 12.3. The van der Waals surface area contributed by atoms with Crippen molar-refractivity contribution in [3.8, 4) is 5.75 Å². The van der Waals surface area contributed by atoms with Gasteiger partial charge in [-0.25, -0.2) is 0 Å². The van der Waals surface area contributed by atoms with Gasteiger partial charge in [0.05, 0.1) is 23.5 Å². The predicted octanol–water partition coefficient (Wildman–Crippen LogP) is 1.61. The highest BCUT2D eigenvalue weighted by Crippen LogP contribution is 2.33. The highest BCUT2D eigenvalue weighted by atomic mass is 35.5. The minimum Gasteiger partial charge on any atom is -0.496 e. The number of hydrogen-bond donors (Lipinski definition) is 1. The number of carbonyl (C=O) groups excluding carboxylic acids is 1. The molecule has 0 radical (unpaired) electrons. The van der Waals surface area contributed by atoms with E-state index in [4.69, 9.17) is 22.1 Å². The van der Waals surface area contributed by atoms with Crippen molar-refractivity contribution in [1.82, 2.24) is 0 Å². The molecule has 0 aliphatic heterocycles. The molecule has 0 amide bonds. The van der Waals surface area contributed by atoms with Gasteiger partial charge >= 0.3 is 0 Å². The predicted molar refractivity (Wildman–Crippen MR) is 59.1 cm³/mol. The molecule has 7 heteroatoms. The molecule has 0 unspecified atom stereocenters. The van der Waals surface area contributed by atoms with Crippen LogP contribution in [0, 0.1) is 10.1 Å². The van der Waals surface area contributed by atoms with Crippen LogP contribution in [-0.4, -0.2) is 23.7 Å². The summed E-state index contributed by atoms with van der Waals surface area (Å²) in [6.07, 6.45) is 0. The third kappa shape index (κ3) is 2.06. The summed E-state index contributed by atoms with van der Waals surface area (Å²) in [6, 6.07) is 2.49. The number of anilines is 1. The van der Waals surface area contributed by atoms with E-state index in [0.29, 0.717) is 0 Å². The van der Waals surface area contributed by atoms with Crippen LogP contribution in [0.25, 0.3) is 0 Å². The van der Waals surface area contributed by atoms with E-state index in [1.54, 1.807) is 0 Å². The lowest BCUT2D eigenvalue weighted by molar-refractivity contribution is -0.383. The minimum atomic E-state index is -0.667. The van der Waals surface area contributed by atoms with Gasteiger partial charge in [-0.2, -0.15) is 0 Å². The van der Waals surface area contributed by atoms with E-state index in [9.17, 15) is 14.9 Å². The van der Waals surface area contributed by atoms with Crippen LogP contribution >= 0.6 is 11.6 Å². The van der Waals surface area contributed by atoms with E-state index >= 15 is 0 Å². The Bertz CT molecular complexity index is 447. The number of ketones is 1. The number of alkyl halides is 1. The largest absolute Gasteiger partial charge is 0.496 e. The monoisotopic (exact) mass is 244 g/mol. The van der Waals surface area contributed by atoms with Crippen LogP contribution in [0.4, 0.5) is 11.4 Å². The third-order valence-electron chi connectivity index (χ3n) is 2.00. The molecule has 1 aromatic carbocycles. The molecule has 0 atom stereocenters. The molecule has 86 valence electrons. The Morgan fingerprint density at radius 2 is 2.25 bits per heavy atom. The number of ether oxygens (including phenoxy) is 1. The van der Waals surface area contributed by atoms with E-state index in [-0.39, 0.29) is 28.6 Å². The van der Waals surface area contributed by atoms with Crippen LogP contribution in [0.5, 0.6) is 5.75 Å².